The van der Waals surface area contributed by atoms with Gasteiger partial charge in [0, 0.05) is 11.7 Å². The quantitative estimate of drug-likeness (QED) is 0.887. The van der Waals surface area contributed by atoms with Gasteiger partial charge in [0.2, 0.25) is 0 Å². The Morgan fingerprint density at radius 3 is 2.75 bits per heavy atom. The van der Waals surface area contributed by atoms with Gasteiger partial charge in [-0.1, -0.05) is 36.4 Å². The zero-order chi connectivity index (χ0) is 16.5. The highest BCUT2D eigenvalue weighted by atomic mass is 16.2. The molecule has 4 heteroatoms. The number of allylic oxidation sites excluding steroid dienone is 1. The molecule has 1 aromatic heterocycles. The molecule has 1 fully saturated rings. The maximum absolute atomic E-state index is 13.3. The van der Waals surface area contributed by atoms with E-state index in [4.69, 9.17) is 0 Å². The van der Waals surface area contributed by atoms with Gasteiger partial charge in [0.05, 0.1) is 11.7 Å². The predicted molar refractivity (Wildman–Crippen MR) is 97.4 cm³/mol. The Morgan fingerprint density at radius 2 is 2.04 bits per heavy atom. The summed E-state index contributed by atoms with van der Waals surface area (Å²) in [7, 11) is 1.97. The molecule has 2 aliphatic carbocycles. The van der Waals surface area contributed by atoms with Gasteiger partial charge < -0.3 is 5.32 Å². The van der Waals surface area contributed by atoms with Crippen LogP contribution in [0.2, 0.25) is 0 Å². The van der Waals surface area contributed by atoms with Crippen molar-refractivity contribution >= 4 is 6.08 Å². The summed E-state index contributed by atoms with van der Waals surface area (Å²) in [6.45, 7) is 0.894. The fourth-order valence-corrected chi connectivity index (χ4v) is 3.85. The van der Waals surface area contributed by atoms with Crippen LogP contribution < -0.4 is 11.0 Å². The van der Waals surface area contributed by atoms with E-state index in [-0.39, 0.29) is 11.7 Å². The number of imidazole rings is 1. The van der Waals surface area contributed by atoms with Crippen molar-refractivity contribution in [2.24, 2.45) is 0 Å². The van der Waals surface area contributed by atoms with E-state index in [0.717, 1.165) is 44.3 Å². The molecule has 0 saturated heterocycles. The van der Waals surface area contributed by atoms with Gasteiger partial charge in [0.1, 0.15) is 0 Å². The van der Waals surface area contributed by atoms with Gasteiger partial charge >= 0.3 is 5.69 Å². The molecule has 2 aliphatic rings. The predicted octanol–water partition coefficient (Wildman–Crippen LogP) is 3.14. The lowest BCUT2D eigenvalue weighted by atomic mass is 10.0. The monoisotopic (exact) mass is 323 g/mol. The number of rotatable bonds is 6. The Bertz CT molecular complexity index is 796. The number of fused-ring (bicyclic) bond motifs is 1. The van der Waals surface area contributed by atoms with E-state index in [0.29, 0.717) is 6.04 Å². The molecule has 0 bridgehead atoms. The number of nitrogens with zero attached hydrogens (tertiary/aromatic N) is 2. The van der Waals surface area contributed by atoms with Crippen molar-refractivity contribution in [2.75, 3.05) is 13.6 Å². The molecule has 4 rings (SSSR count). The van der Waals surface area contributed by atoms with Crippen molar-refractivity contribution in [3.8, 4) is 0 Å². The smallest absolute Gasteiger partial charge is 0.320 e. The summed E-state index contributed by atoms with van der Waals surface area (Å²) in [5, 5.41) is 3.24. The molecule has 1 heterocycles. The molecule has 24 heavy (non-hydrogen) atoms. The Hall–Kier alpha value is -2.07. The van der Waals surface area contributed by atoms with Gasteiger partial charge in [0.25, 0.3) is 0 Å². The van der Waals surface area contributed by atoms with E-state index in [2.05, 4.69) is 50.9 Å². The van der Waals surface area contributed by atoms with Crippen molar-refractivity contribution in [1.82, 2.24) is 14.5 Å². The average Bonchev–Trinajstić information content (AvgIpc) is 3.41. The van der Waals surface area contributed by atoms with Crippen molar-refractivity contribution < 1.29 is 0 Å². The zero-order valence-electron chi connectivity index (χ0n) is 14.2. The summed E-state index contributed by atoms with van der Waals surface area (Å²) < 4.78 is 4.14. The van der Waals surface area contributed by atoms with Crippen LogP contribution in [0.3, 0.4) is 0 Å². The van der Waals surface area contributed by atoms with Crippen LogP contribution in [0, 0.1) is 0 Å². The van der Waals surface area contributed by atoms with Crippen LogP contribution >= 0.6 is 0 Å². The highest BCUT2D eigenvalue weighted by molar-refractivity contribution is 5.52. The van der Waals surface area contributed by atoms with E-state index < -0.39 is 0 Å². The topological polar surface area (TPSA) is 39.0 Å². The SMILES string of the molecule is CNCC[C@H](c1ccccc1)n1c2c(n(C3CC3)c1=O)C=CCC2. The number of hydrogen-bond acceptors (Lipinski definition) is 2. The lowest BCUT2D eigenvalue weighted by Crippen LogP contribution is -2.30. The van der Waals surface area contributed by atoms with Crippen LogP contribution in [-0.2, 0) is 6.42 Å². The van der Waals surface area contributed by atoms with Crippen molar-refractivity contribution in [3.05, 3.63) is 63.8 Å². The third-order valence-electron chi connectivity index (χ3n) is 5.16. The van der Waals surface area contributed by atoms with Gasteiger partial charge in [-0.3, -0.25) is 9.13 Å². The molecule has 0 amide bonds. The molecule has 0 radical (unpaired) electrons. The minimum atomic E-state index is 0.103. The average molecular weight is 323 g/mol. The van der Waals surface area contributed by atoms with E-state index in [1.165, 1.54) is 11.3 Å². The van der Waals surface area contributed by atoms with Gasteiger partial charge in [-0.25, -0.2) is 4.79 Å². The number of hydrogen-bond donors (Lipinski definition) is 1. The summed E-state index contributed by atoms with van der Waals surface area (Å²) >= 11 is 0. The molecule has 126 valence electrons. The molecule has 1 aromatic carbocycles. The molecule has 4 nitrogen and oxygen atoms in total. The fourth-order valence-electron chi connectivity index (χ4n) is 3.85. The first kappa shape index (κ1) is 15.5. The fraction of sp³-hybridized carbons (Fsp3) is 0.450. The molecule has 1 saturated carbocycles. The van der Waals surface area contributed by atoms with Gasteiger partial charge in [-0.15, -0.1) is 0 Å². The largest absolute Gasteiger partial charge is 0.329 e. The summed E-state index contributed by atoms with van der Waals surface area (Å²) in [4.78, 5) is 13.3. The van der Waals surface area contributed by atoms with Gasteiger partial charge in [0.15, 0.2) is 0 Å². The Kier molecular flexibility index (Phi) is 4.15. The molecule has 0 unspecified atom stereocenters. The van der Waals surface area contributed by atoms with Crippen LogP contribution in [0.4, 0.5) is 0 Å². The van der Waals surface area contributed by atoms with Crippen molar-refractivity contribution in [1.29, 1.82) is 0 Å². The van der Waals surface area contributed by atoms with Crippen molar-refractivity contribution in [3.63, 3.8) is 0 Å². The molecular formula is C20H25N3O. The van der Waals surface area contributed by atoms with Gasteiger partial charge in [-0.05, 0) is 57.3 Å². The number of benzene rings is 1. The van der Waals surface area contributed by atoms with E-state index in [9.17, 15) is 4.79 Å². The maximum Gasteiger partial charge on any atom is 0.329 e. The molecule has 1 atom stereocenters. The summed E-state index contributed by atoms with van der Waals surface area (Å²) in [6, 6.07) is 11.0. The van der Waals surface area contributed by atoms with E-state index >= 15 is 0 Å². The minimum absolute atomic E-state index is 0.103. The number of nitrogens with one attached hydrogen (secondary N) is 1. The molecule has 1 N–H and O–H groups in total. The highest BCUT2D eigenvalue weighted by Crippen LogP contribution is 2.38. The van der Waals surface area contributed by atoms with Crippen LogP contribution in [0.15, 0.2) is 41.2 Å². The Labute approximate surface area is 142 Å². The Morgan fingerprint density at radius 1 is 1.25 bits per heavy atom. The van der Waals surface area contributed by atoms with Crippen LogP contribution in [0.25, 0.3) is 6.08 Å². The van der Waals surface area contributed by atoms with Crippen molar-refractivity contribution in [2.45, 2.75) is 44.2 Å². The molecule has 2 aromatic rings. The second-order valence-corrected chi connectivity index (χ2v) is 6.85. The lowest BCUT2D eigenvalue weighted by Gasteiger charge is -2.21. The molecular weight excluding hydrogens is 298 g/mol. The lowest BCUT2D eigenvalue weighted by molar-refractivity contribution is 0.488. The second-order valence-electron chi connectivity index (χ2n) is 6.85. The van der Waals surface area contributed by atoms with Crippen LogP contribution in [0.1, 0.15) is 54.7 Å². The Balaban J connectivity index is 1.86. The maximum atomic E-state index is 13.3. The number of aromatic nitrogens is 2. The third-order valence-corrected chi connectivity index (χ3v) is 5.16. The summed E-state index contributed by atoms with van der Waals surface area (Å²) in [6.07, 6.45) is 9.54. The third kappa shape index (κ3) is 2.65. The van der Waals surface area contributed by atoms with Crippen LogP contribution in [0.5, 0.6) is 0 Å². The first-order valence-electron chi connectivity index (χ1n) is 9.03. The second kappa shape index (κ2) is 6.44. The first-order valence-corrected chi connectivity index (χ1v) is 9.03. The summed E-state index contributed by atoms with van der Waals surface area (Å²) in [5.41, 5.74) is 3.78. The van der Waals surface area contributed by atoms with Gasteiger partial charge in [-0.2, -0.15) is 0 Å². The molecule has 0 aliphatic heterocycles. The van der Waals surface area contributed by atoms with E-state index in [1.807, 2.05) is 13.1 Å². The highest BCUT2D eigenvalue weighted by Gasteiger charge is 2.33. The van der Waals surface area contributed by atoms with Crippen LogP contribution in [-0.4, -0.2) is 22.7 Å². The zero-order valence-corrected chi connectivity index (χ0v) is 14.2. The van der Waals surface area contributed by atoms with E-state index in [1.54, 1.807) is 0 Å². The minimum Gasteiger partial charge on any atom is -0.320 e. The first-order chi connectivity index (χ1) is 11.8. The molecule has 0 spiro atoms. The standard InChI is InChI=1S/C20H25N3O/c1-21-14-13-17(15-7-3-2-4-8-15)23-19-10-6-5-9-18(19)22(20(23)24)16-11-12-16/h2-5,7-9,16-17,21H,6,10-14H2,1H3/t17-/m1/s1. The summed E-state index contributed by atoms with van der Waals surface area (Å²) in [5.74, 6) is 0. The normalized spacial score (nSPS) is 17.7.